The molecule has 276 valence electrons. The summed E-state index contributed by atoms with van der Waals surface area (Å²) < 4.78 is 22.6. The lowest BCUT2D eigenvalue weighted by Gasteiger charge is -2.18. The molecule has 0 spiro atoms. The third-order valence-electron chi connectivity index (χ3n) is 8.18. The fourth-order valence-corrected chi connectivity index (χ4v) is 8.79. The SMILES string of the molecule is CS(=O)(=O)SCCNC(=O)C(CCCCNC(=O)CCCCCNC(=O)CCCCC1SCC2NC(=O)NC21)NC(=O)CCCCCN. The Kier molecular flexibility index (Phi) is 21.0. The number of thioether (sulfide) groups is 1. The van der Waals surface area contributed by atoms with Crippen LogP contribution < -0.4 is 37.6 Å². The summed E-state index contributed by atoms with van der Waals surface area (Å²) in [4.78, 5) is 61.0. The van der Waals surface area contributed by atoms with Crippen molar-refractivity contribution >= 4 is 61.1 Å². The van der Waals surface area contributed by atoms with Gasteiger partial charge in [-0.3, -0.25) is 19.2 Å². The van der Waals surface area contributed by atoms with Crippen LogP contribution in [-0.2, 0) is 28.0 Å². The molecule has 8 N–H and O–H groups in total. The second-order valence-corrected chi connectivity index (χ2v) is 18.3. The number of nitrogens with two attached hydrogens (primary N) is 1. The van der Waals surface area contributed by atoms with Gasteiger partial charge in [-0.2, -0.15) is 11.8 Å². The van der Waals surface area contributed by atoms with Crippen LogP contribution in [0.25, 0.3) is 0 Å². The minimum Gasteiger partial charge on any atom is -0.356 e. The minimum atomic E-state index is -3.20. The van der Waals surface area contributed by atoms with Gasteiger partial charge in [-0.1, -0.05) is 19.3 Å². The highest BCUT2D eigenvalue weighted by atomic mass is 33.1. The lowest BCUT2D eigenvalue weighted by Crippen LogP contribution is -2.47. The molecule has 0 bridgehead atoms. The predicted molar refractivity (Wildman–Crippen MR) is 192 cm³/mol. The van der Waals surface area contributed by atoms with E-state index >= 15 is 0 Å². The number of carbonyl (C=O) groups is 5. The molecule has 2 heterocycles. The Labute approximate surface area is 293 Å². The van der Waals surface area contributed by atoms with E-state index in [0.717, 1.165) is 74.2 Å². The van der Waals surface area contributed by atoms with Crippen molar-refractivity contribution in [2.24, 2.45) is 5.73 Å². The average molecular weight is 736 g/mol. The van der Waals surface area contributed by atoms with Crippen LogP contribution in [0.2, 0.25) is 0 Å². The Hall–Kier alpha value is -2.24. The van der Waals surface area contributed by atoms with Crippen molar-refractivity contribution in [3.63, 3.8) is 0 Å². The molecule has 2 aliphatic heterocycles. The number of fused-ring (bicyclic) bond motifs is 1. The van der Waals surface area contributed by atoms with Gasteiger partial charge >= 0.3 is 6.03 Å². The summed E-state index contributed by atoms with van der Waals surface area (Å²) in [7, 11) is -2.44. The first kappa shape index (κ1) is 41.9. The Morgan fingerprint density at radius 3 is 2.12 bits per heavy atom. The maximum absolute atomic E-state index is 12.7. The van der Waals surface area contributed by atoms with Crippen LogP contribution in [0.3, 0.4) is 0 Å². The zero-order valence-electron chi connectivity index (χ0n) is 28.3. The smallest absolute Gasteiger partial charge is 0.315 e. The van der Waals surface area contributed by atoms with E-state index < -0.39 is 14.9 Å². The normalized spacial score (nSPS) is 19.1. The molecule has 0 saturated carbocycles. The zero-order valence-corrected chi connectivity index (χ0v) is 30.8. The maximum atomic E-state index is 12.7. The number of urea groups is 1. The summed E-state index contributed by atoms with van der Waals surface area (Å²) >= 11 is 1.89. The quantitative estimate of drug-likeness (QED) is 0.0366. The van der Waals surface area contributed by atoms with Gasteiger partial charge in [0.05, 0.1) is 12.1 Å². The van der Waals surface area contributed by atoms with Crippen molar-refractivity contribution in [1.29, 1.82) is 0 Å². The van der Waals surface area contributed by atoms with Crippen LogP contribution in [0.15, 0.2) is 0 Å². The third kappa shape index (κ3) is 19.1. The Balaban J connectivity index is 1.50. The fourth-order valence-electron chi connectivity index (χ4n) is 5.60. The first-order valence-corrected chi connectivity index (χ1v) is 21.8. The number of nitrogens with one attached hydrogen (secondary N) is 6. The summed E-state index contributed by atoms with van der Waals surface area (Å²) in [5, 5.41) is 17.7. The summed E-state index contributed by atoms with van der Waals surface area (Å²) in [6.45, 7) is 1.80. The number of carbonyl (C=O) groups excluding carboxylic acids is 5. The number of hydrogen-bond donors (Lipinski definition) is 7. The maximum Gasteiger partial charge on any atom is 0.315 e. The Bertz CT molecular complexity index is 1130. The Morgan fingerprint density at radius 1 is 0.833 bits per heavy atom. The van der Waals surface area contributed by atoms with Crippen LogP contribution in [0.1, 0.15) is 96.3 Å². The van der Waals surface area contributed by atoms with Gasteiger partial charge in [0, 0.05) is 61.9 Å². The van der Waals surface area contributed by atoms with Crippen LogP contribution in [0, 0.1) is 0 Å². The molecule has 0 radical (unpaired) electrons. The Morgan fingerprint density at radius 2 is 1.46 bits per heavy atom. The molecule has 6 amide bonds. The van der Waals surface area contributed by atoms with Gasteiger partial charge in [0.2, 0.25) is 23.6 Å². The number of amides is 6. The van der Waals surface area contributed by atoms with E-state index in [-0.39, 0.29) is 54.0 Å². The van der Waals surface area contributed by atoms with Gasteiger partial charge < -0.3 is 37.6 Å². The van der Waals surface area contributed by atoms with Crippen LogP contribution >= 0.6 is 22.6 Å². The first-order chi connectivity index (χ1) is 23.0. The highest BCUT2D eigenvalue weighted by molar-refractivity contribution is 8.71. The molecule has 0 aromatic carbocycles. The summed E-state index contributed by atoms with van der Waals surface area (Å²) in [5.41, 5.74) is 5.50. The van der Waals surface area contributed by atoms with E-state index in [4.69, 9.17) is 5.73 Å². The van der Waals surface area contributed by atoms with E-state index in [1.807, 2.05) is 11.8 Å². The van der Waals surface area contributed by atoms with Crippen LogP contribution in [0.4, 0.5) is 4.79 Å². The van der Waals surface area contributed by atoms with E-state index in [2.05, 4.69) is 31.9 Å². The second-order valence-electron chi connectivity index (χ2n) is 12.4. The van der Waals surface area contributed by atoms with E-state index in [0.29, 0.717) is 69.8 Å². The zero-order chi connectivity index (χ0) is 35.2. The predicted octanol–water partition coefficient (Wildman–Crippen LogP) is 1.49. The molecule has 0 aromatic heterocycles. The van der Waals surface area contributed by atoms with Gasteiger partial charge in [-0.05, 0) is 75.1 Å². The molecule has 0 aliphatic carbocycles. The molecular weight excluding hydrogens is 679 g/mol. The van der Waals surface area contributed by atoms with Crippen molar-refractivity contribution in [3.05, 3.63) is 0 Å². The molecule has 2 fully saturated rings. The summed E-state index contributed by atoms with van der Waals surface area (Å²) in [6, 6.07) is -0.382. The molecule has 4 atom stereocenters. The number of rotatable bonds is 27. The topological polar surface area (TPSA) is 218 Å². The standard InChI is InChI=1S/C31H57N7O7S3/c1-48(44,45)47-21-20-35-30(42)23(36-28(41)16-4-2-9-17-32)12-8-11-19-34-26(39)14-5-3-10-18-33-27(40)15-7-6-13-25-29-24(22-46-25)37-31(43)38-29/h23-25,29H,2-22,32H2,1H3,(H,33,40)(H,34,39)(H,35,42)(H,36,41)(H2,37,38,43). The number of unbranched alkanes of at least 4 members (excludes halogenated alkanes) is 6. The second kappa shape index (κ2) is 24.0. The molecule has 2 rings (SSSR count). The van der Waals surface area contributed by atoms with Crippen molar-refractivity contribution in [1.82, 2.24) is 31.9 Å². The first-order valence-electron chi connectivity index (χ1n) is 17.3. The van der Waals surface area contributed by atoms with E-state index in [9.17, 15) is 32.4 Å². The molecule has 2 saturated heterocycles. The molecule has 2 aliphatic rings. The largest absolute Gasteiger partial charge is 0.356 e. The minimum absolute atomic E-state index is 0.0396. The third-order valence-corrected chi connectivity index (χ3v) is 12.3. The van der Waals surface area contributed by atoms with Crippen molar-refractivity contribution in [2.45, 2.75) is 120 Å². The summed E-state index contributed by atoms with van der Waals surface area (Å²) in [6.07, 6.45) is 11.5. The monoisotopic (exact) mass is 735 g/mol. The van der Waals surface area contributed by atoms with E-state index in [1.165, 1.54) is 0 Å². The lowest BCUT2D eigenvalue weighted by atomic mass is 10.0. The lowest BCUT2D eigenvalue weighted by molar-refractivity contribution is -0.129. The van der Waals surface area contributed by atoms with Gasteiger partial charge in [0.1, 0.15) is 6.04 Å². The van der Waals surface area contributed by atoms with Crippen molar-refractivity contribution in [3.8, 4) is 0 Å². The van der Waals surface area contributed by atoms with Crippen molar-refractivity contribution < 1.29 is 32.4 Å². The molecule has 4 unspecified atom stereocenters. The molecule has 14 nitrogen and oxygen atoms in total. The molecular formula is C31H57N7O7S3. The molecule has 48 heavy (non-hydrogen) atoms. The van der Waals surface area contributed by atoms with Crippen molar-refractivity contribution in [2.75, 3.05) is 43.9 Å². The van der Waals surface area contributed by atoms with Gasteiger partial charge in [0.15, 0.2) is 8.87 Å². The van der Waals surface area contributed by atoms with Crippen LogP contribution in [-0.4, -0.2) is 105 Å². The highest BCUT2D eigenvalue weighted by Gasteiger charge is 2.42. The van der Waals surface area contributed by atoms with Crippen LogP contribution in [0.5, 0.6) is 0 Å². The fraction of sp³-hybridized carbons (Fsp3) is 0.839. The van der Waals surface area contributed by atoms with Gasteiger partial charge in [0.25, 0.3) is 0 Å². The average Bonchev–Trinajstić information content (AvgIpc) is 3.59. The van der Waals surface area contributed by atoms with Gasteiger partial charge in [-0.15, -0.1) is 0 Å². The molecule has 17 heteroatoms. The summed E-state index contributed by atoms with van der Waals surface area (Å²) in [5.74, 6) is 0.605. The van der Waals surface area contributed by atoms with Gasteiger partial charge in [-0.25, -0.2) is 13.2 Å². The molecule has 0 aromatic rings. The highest BCUT2D eigenvalue weighted by Crippen LogP contribution is 2.33. The van der Waals surface area contributed by atoms with E-state index in [1.54, 1.807) is 0 Å². The number of hydrogen-bond acceptors (Lipinski definition) is 10.